The molecular weight excluding hydrogens is 338 g/mol. The Labute approximate surface area is 162 Å². The number of hydrogen-bond donors (Lipinski definition) is 1. The first-order valence-electron chi connectivity index (χ1n) is 9.69. The summed E-state index contributed by atoms with van der Waals surface area (Å²) in [4.78, 5) is 11.1. The molecule has 2 aromatic carbocycles. The number of unbranched alkanes of at least 4 members (excludes halogenated alkanes) is 3. The average molecular weight is 370 g/mol. The van der Waals surface area contributed by atoms with Crippen molar-refractivity contribution in [3.63, 3.8) is 0 Å². The molecule has 146 valence electrons. The molecule has 0 spiro atoms. The van der Waals surface area contributed by atoms with Crippen LogP contribution in [0.4, 0.5) is 5.69 Å². The third-order valence-electron chi connectivity index (χ3n) is 4.80. The lowest BCUT2D eigenvalue weighted by molar-refractivity contribution is -0.140. The Morgan fingerprint density at radius 2 is 1.67 bits per heavy atom. The zero-order valence-electron chi connectivity index (χ0n) is 16.7. The molecule has 4 nitrogen and oxygen atoms in total. The van der Waals surface area contributed by atoms with Crippen LogP contribution < -0.4 is 10.1 Å². The second-order valence-corrected chi connectivity index (χ2v) is 6.78. The molecule has 0 saturated carbocycles. The Morgan fingerprint density at radius 1 is 0.963 bits per heavy atom. The van der Waals surface area contributed by atoms with Crippen molar-refractivity contribution in [2.24, 2.45) is 0 Å². The molecule has 0 heterocycles. The molecule has 0 fully saturated rings. The van der Waals surface area contributed by atoms with E-state index in [2.05, 4.69) is 41.2 Å². The third kappa shape index (κ3) is 6.97. The van der Waals surface area contributed by atoms with Crippen LogP contribution >= 0.6 is 0 Å². The third-order valence-corrected chi connectivity index (χ3v) is 4.80. The van der Waals surface area contributed by atoms with Gasteiger partial charge < -0.3 is 14.8 Å². The summed E-state index contributed by atoms with van der Waals surface area (Å²) >= 11 is 0. The molecule has 0 aromatic heterocycles. The van der Waals surface area contributed by atoms with Gasteiger partial charge in [-0.05, 0) is 61.6 Å². The molecule has 2 rings (SSSR count). The van der Waals surface area contributed by atoms with Crippen LogP contribution in [-0.4, -0.2) is 20.2 Å². The summed E-state index contributed by atoms with van der Waals surface area (Å²) in [6, 6.07) is 16.9. The first kappa shape index (κ1) is 20.8. The van der Waals surface area contributed by atoms with E-state index in [9.17, 15) is 4.79 Å². The second kappa shape index (κ2) is 11.3. The summed E-state index contributed by atoms with van der Waals surface area (Å²) in [7, 11) is 3.12. The van der Waals surface area contributed by atoms with Crippen LogP contribution in [-0.2, 0) is 16.0 Å². The van der Waals surface area contributed by atoms with Crippen molar-refractivity contribution in [1.29, 1.82) is 0 Å². The maximum atomic E-state index is 11.1. The fourth-order valence-electron chi connectivity index (χ4n) is 3.24. The minimum atomic E-state index is -0.112. The summed E-state index contributed by atoms with van der Waals surface area (Å²) < 4.78 is 9.89. The fraction of sp³-hybridized carbons (Fsp3) is 0.435. The van der Waals surface area contributed by atoms with Gasteiger partial charge in [-0.25, -0.2) is 0 Å². The van der Waals surface area contributed by atoms with Gasteiger partial charge in [0, 0.05) is 18.2 Å². The molecule has 0 aliphatic carbocycles. The van der Waals surface area contributed by atoms with Crippen molar-refractivity contribution in [1.82, 2.24) is 0 Å². The smallest absolute Gasteiger partial charge is 0.305 e. The topological polar surface area (TPSA) is 47.6 Å². The quantitative estimate of drug-likeness (QED) is 0.418. The standard InChI is InChI=1S/C23H31NO3/c1-18(24-20-14-16-21(26-2)17-15-20)22-12-9-8-11-19(22)10-6-4-5-7-13-23(25)27-3/h8-9,11-12,14-18,24H,4-7,10,13H2,1-3H3. The van der Waals surface area contributed by atoms with Gasteiger partial charge in [-0.3, -0.25) is 4.79 Å². The van der Waals surface area contributed by atoms with Crippen LogP contribution in [0.1, 0.15) is 56.2 Å². The lowest BCUT2D eigenvalue weighted by atomic mass is 9.96. The van der Waals surface area contributed by atoms with Gasteiger partial charge in [-0.15, -0.1) is 0 Å². The molecule has 0 bridgehead atoms. The van der Waals surface area contributed by atoms with Gasteiger partial charge in [0.05, 0.1) is 14.2 Å². The van der Waals surface area contributed by atoms with Crippen molar-refractivity contribution in [3.8, 4) is 5.75 Å². The number of ether oxygens (including phenoxy) is 2. The van der Waals surface area contributed by atoms with Gasteiger partial charge in [0.15, 0.2) is 0 Å². The molecule has 0 saturated heterocycles. The molecule has 0 aliphatic rings. The number of esters is 1. The number of carbonyl (C=O) groups is 1. The van der Waals surface area contributed by atoms with Gasteiger partial charge in [0.1, 0.15) is 5.75 Å². The summed E-state index contributed by atoms with van der Waals surface area (Å²) in [5, 5.41) is 3.57. The SMILES string of the molecule is COC(=O)CCCCCCc1ccccc1C(C)Nc1ccc(OC)cc1. The molecule has 1 N–H and O–H groups in total. The normalized spacial score (nSPS) is 11.7. The van der Waals surface area contributed by atoms with E-state index in [-0.39, 0.29) is 12.0 Å². The van der Waals surface area contributed by atoms with Gasteiger partial charge in [0.25, 0.3) is 0 Å². The van der Waals surface area contributed by atoms with E-state index in [0.717, 1.165) is 43.5 Å². The van der Waals surface area contributed by atoms with Crippen LogP contribution in [0.3, 0.4) is 0 Å². The second-order valence-electron chi connectivity index (χ2n) is 6.78. The Morgan fingerprint density at radius 3 is 2.37 bits per heavy atom. The Kier molecular flexibility index (Phi) is 8.69. The average Bonchev–Trinajstić information content (AvgIpc) is 2.71. The lowest BCUT2D eigenvalue weighted by Crippen LogP contribution is -2.09. The Hall–Kier alpha value is -2.49. The number of hydrogen-bond acceptors (Lipinski definition) is 4. The highest BCUT2D eigenvalue weighted by Crippen LogP contribution is 2.25. The number of benzene rings is 2. The zero-order valence-corrected chi connectivity index (χ0v) is 16.7. The van der Waals surface area contributed by atoms with Crippen LogP contribution in [0.15, 0.2) is 48.5 Å². The van der Waals surface area contributed by atoms with E-state index in [1.165, 1.54) is 18.2 Å². The number of nitrogens with one attached hydrogen (secondary N) is 1. The van der Waals surface area contributed by atoms with E-state index in [0.29, 0.717) is 6.42 Å². The van der Waals surface area contributed by atoms with Crippen molar-refractivity contribution in [3.05, 3.63) is 59.7 Å². The summed E-state index contributed by atoms with van der Waals surface area (Å²) in [5.41, 5.74) is 3.81. The van der Waals surface area contributed by atoms with Gasteiger partial charge in [-0.2, -0.15) is 0 Å². The summed E-state index contributed by atoms with van der Waals surface area (Å²) in [6.07, 6.45) is 5.82. The Bertz CT molecular complexity index is 697. The molecule has 2 aromatic rings. The van der Waals surface area contributed by atoms with E-state index in [4.69, 9.17) is 4.74 Å². The molecule has 1 unspecified atom stereocenters. The van der Waals surface area contributed by atoms with E-state index < -0.39 is 0 Å². The predicted molar refractivity (Wildman–Crippen MR) is 110 cm³/mol. The first-order chi connectivity index (χ1) is 13.1. The highest BCUT2D eigenvalue weighted by molar-refractivity contribution is 5.68. The molecule has 0 amide bonds. The number of anilines is 1. The van der Waals surface area contributed by atoms with E-state index in [1.54, 1.807) is 7.11 Å². The van der Waals surface area contributed by atoms with Crippen molar-refractivity contribution >= 4 is 11.7 Å². The van der Waals surface area contributed by atoms with Crippen molar-refractivity contribution in [2.75, 3.05) is 19.5 Å². The van der Waals surface area contributed by atoms with Gasteiger partial charge in [-0.1, -0.05) is 37.1 Å². The van der Waals surface area contributed by atoms with Crippen LogP contribution in [0.5, 0.6) is 5.75 Å². The maximum Gasteiger partial charge on any atom is 0.305 e. The van der Waals surface area contributed by atoms with E-state index >= 15 is 0 Å². The molecule has 0 aliphatic heterocycles. The maximum absolute atomic E-state index is 11.1. The van der Waals surface area contributed by atoms with Gasteiger partial charge >= 0.3 is 5.97 Å². The largest absolute Gasteiger partial charge is 0.497 e. The minimum Gasteiger partial charge on any atom is -0.497 e. The minimum absolute atomic E-state index is 0.112. The molecule has 27 heavy (non-hydrogen) atoms. The first-order valence-corrected chi connectivity index (χ1v) is 9.69. The number of methoxy groups -OCH3 is 2. The van der Waals surface area contributed by atoms with Crippen LogP contribution in [0.2, 0.25) is 0 Å². The highest BCUT2D eigenvalue weighted by Gasteiger charge is 2.10. The number of rotatable bonds is 11. The number of aryl methyl sites for hydroxylation is 1. The van der Waals surface area contributed by atoms with E-state index in [1.807, 2.05) is 24.3 Å². The monoisotopic (exact) mass is 369 g/mol. The van der Waals surface area contributed by atoms with Crippen molar-refractivity contribution < 1.29 is 14.3 Å². The fourth-order valence-corrected chi connectivity index (χ4v) is 3.24. The lowest BCUT2D eigenvalue weighted by Gasteiger charge is -2.19. The predicted octanol–water partition coefficient (Wildman–Crippen LogP) is 5.53. The van der Waals surface area contributed by atoms with Crippen molar-refractivity contribution in [2.45, 2.75) is 51.5 Å². The van der Waals surface area contributed by atoms with Gasteiger partial charge in [0.2, 0.25) is 0 Å². The molecule has 4 heteroatoms. The van der Waals surface area contributed by atoms with Crippen LogP contribution in [0, 0.1) is 0 Å². The zero-order chi connectivity index (χ0) is 19.5. The summed E-state index contributed by atoms with van der Waals surface area (Å²) in [5.74, 6) is 0.750. The summed E-state index contributed by atoms with van der Waals surface area (Å²) in [6.45, 7) is 2.19. The number of carbonyl (C=O) groups excluding carboxylic acids is 1. The molecular formula is C23H31NO3. The highest BCUT2D eigenvalue weighted by atomic mass is 16.5. The molecule has 1 atom stereocenters. The Balaban J connectivity index is 1.85. The van der Waals surface area contributed by atoms with Crippen LogP contribution in [0.25, 0.3) is 0 Å². The molecule has 0 radical (unpaired) electrons.